The second-order valence-electron chi connectivity index (χ2n) is 4.58. The molecule has 0 radical (unpaired) electrons. The van der Waals surface area contributed by atoms with Gasteiger partial charge in [0.25, 0.3) is 0 Å². The van der Waals surface area contributed by atoms with Crippen molar-refractivity contribution in [2.45, 2.75) is 6.92 Å². The van der Waals surface area contributed by atoms with Gasteiger partial charge in [-0.05, 0) is 19.1 Å². The Balaban J connectivity index is 2.06. The maximum absolute atomic E-state index is 5.67. The molecule has 0 unspecified atom stereocenters. The summed E-state index contributed by atoms with van der Waals surface area (Å²) in [6, 6.07) is 16.1. The molecular weight excluding hydrogens is 238 g/mol. The maximum atomic E-state index is 5.67. The van der Waals surface area contributed by atoms with Crippen LogP contribution in [0.1, 0.15) is 5.56 Å². The highest BCUT2D eigenvalue weighted by atomic mass is 16.4. The molecule has 2 aromatic carbocycles. The third kappa shape index (κ3) is 1.46. The smallest absolute Gasteiger partial charge is 0.327 e. The van der Waals surface area contributed by atoms with Gasteiger partial charge in [0.05, 0.1) is 5.52 Å². The highest BCUT2D eigenvalue weighted by Gasteiger charge is 2.14. The van der Waals surface area contributed by atoms with Crippen molar-refractivity contribution in [2.75, 3.05) is 0 Å². The molecule has 0 amide bonds. The fourth-order valence-corrected chi connectivity index (χ4v) is 2.27. The van der Waals surface area contributed by atoms with Crippen LogP contribution in [-0.2, 0) is 0 Å². The van der Waals surface area contributed by atoms with E-state index in [9.17, 15) is 0 Å². The second kappa shape index (κ2) is 3.68. The van der Waals surface area contributed by atoms with Gasteiger partial charge in [0.15, 0.2) is 11.4 Å². The Morgan fingerprint density at radius 1 is 0.947 bits per heavy atom. The summed E-state index contributed by atoms with van der Waals surface area (Å²) in [7, 11) is 0. The van der Waals surface area contributed by atoms with Gasteiger partial charge in [-0.25, -0.2) is 4.40 Å². The van der Waals surface area contributed by atoms with Gasteiger partial charge < -0.3 is 4.42 Å². The molecule has 0 aliphatic rings. The van der Waals surface area contributed by atoms with E-state index in [1.807, 2.05) is 40.8 Å². The molecule has 4 aromatic rings. The topological polar surface area (TPSA) is 43.3 Å². The van der Waals surface area contributed by atoms with E-state index < -0.39 is 0 Å². The molecule has 4 heteroatoms. The fourth-order valence-electron chi connectivity index (χ4n) is 2.27. The summed E-state index contributed by atoms with van der Waals surface area (Å²) in [5, 5.41) is 8.33. The molecule has 0 fully saturated rings. The molecule has 4 rings (SSSR count). The summed E-state index contributed by atoms with van der Waals surface area (Å²) in [5.74, 6) is 1.33. The molecule has 0 N–H and O–H groups in total. The van der Waals surface area contributed by atoms with Gasteiger partial charge in [0.1, 0.15) is 0 Å². The third-order valence-electron chi connectivity index (χ3n) is 3.25. The summed E-state index contributed by atoms with van der Waals surface area (Å²) in [6.45, 7) is 2.07. The zero-order valence-corrected chi connectivity index (χ0v) is 10.4. The van der Waals surface area contributed by atoms with E-state index in [4.69, 9.17) is 4.42 Å². The summed E-state index contributed by atoms with van der Waals surface area (Å²) < 4.78 is 7.61. The molecular formula is C15H11N3O. The van der Waals surface area contributed by atoms with Crippen molar-refractivity contribution in [1.29, 1.82) is 0 Å². The molecule has 0 saturated carbocycles. The van der Waals surface area contributed by atoms with Gasteiger partial charge in [0, 0.05) is 5.56 Å². The lowest BCUT2D eigenvalue weighted by Gasteiger charge is -1.99. The quantitative estimate of drug-likeness (QED) is 0.519. The number of aromatic nitrogens is 3. The van der Waals surface area contributed by atoms with E-state index in [1.54, 1.807) is 0 Å². The Hall–Kier alpha value is -2.62. The first-order valence-corrected chi connectivity index (χ1v) is 6.12. The van der Waals surface area contributed by atoms with Crippen molar-refractivity contribution in [3.05, 3.63) is 54.1 Å². The van der Waals surface area contributed by atoms with Crippen LogP contribution >= 0.6 is 0 Å². The van der Waals surface area contributed by atoms with Crippen molar-refractivity contribution in [2.24, 2.45) is 0 Å². The minimum Gasteiger partial charge on any atom is -0.422 e. The van der Waals surface area contributed by atoms with Crippen LogP contribution in [0.2, 0.25) is 0 Å². The Labute approximate surface area is 109 Å². The minimum absolute atomic E-state index is 0.525. The molecule has 2 aromatic heterocycles. The van der Waals surface area contributed by atoms with Gasteiger partial charge in [-0.2, -0.15) is 0 Å². The molecule has 92 valence electrons. The van der Waals surface area contributed by atoms with Crippen molar-refractivity contribution >= 4 is 16.9 Å². The van der Waals surface area contributed by atoms with E-state index in [0.717, 1.165) is 22.5 Å². The average Bonchev–Trinajstić information content (AvgIpc) is 2.98. The van der Waals surface area contributed by atoms with E-state index in [1.165, 1.54) is 5.56 Å². The van der Waals surface area contributed by atoms with E-state index >= 15 is 0 Å². The van der Waals surface area contributed by atoms with Gasteiger partial charge in [-0.1, -0.05) is 47.1 Å². The molecule has 2 heterocycles. The first-order valence-electron chi connectivity index (χ1n) is 6.12. The van der Waals surface area contributed by atoms with Gasteiger partial charge in [0.2, 0.25) is 0 Å². The Morgan fingerprint density at radius 3 is 2.58 bits per heavy atom. The van der Waals surface area contributed by atoms with Crippen LogP contribution in [0, 0.1) is 6.92 Å². The van der Waals surface area contributed by atoms with Crippen LogP contribution in [0.5, 0.6) is 0 Å². The van der Waals surface area contributed by atoms with Crippen LogP contribution in [-0.4, -0.2) is 14.6 Å². The first kappa shape index (κ1) is 10.3. The summed E-state index contributed by atoms with van der Waals surface area (Å²) in [4.78, 5) is 0. The van der Waals surface area contributed by atoms with Crippen LogP contribution in [0.4, 0.5) is 0 Å². The average molecular weight is 249 g/mol. The molecule has 0 spiro atoms. The number of hydrogen-bond donors (Lipinski definition) is 0. The number of nitrogens with zero attached hydrogens (tertiary/aromatic N) is 3. The largest absolute Gasteiger partial charge is 0.422 e. The van der Waals surface area contributed by atoms with E-state index in [-0.39, 0.29) is 0 Å². The predicted octanol–water partition coefficient (Wildman–Crippen LogP) is 3.45. The van der Waals surface area contributed by atoms with Crippen LogP contribution in [0.25, 0.3) is 28.3 Å². The number of benzene rings is 2. The molecule has 0 saturated heterocycles. The standard InChI is InChI=1S/C15H11N3O/c1-10-6-8-11(9-7-10)14-16-17-15-18(14)12-4-2-3-5-13(12)19-15/h2-9H,1H3. The molecule has 0 aliphatic carbocycles. The Kier molecular flexibility index (Phi) is 2.00. The van der Waals surface area contributed by atoms with Crippen LogP contribution in [0.15, 0.2) is 52.9 Å². The van der Waals surface area contributed by atoms with Gasteiger partial charge in [-0.3, -0.25) is 0 Å². The van der Waals surface area contributed by atoms with Crippen molar-refractivity contribution < 1.29 is 4.42 Å². The molecule has 0 aliphatic heterocycles. The first-order chi connectivity index (χ1) is 9.33. The van der Waals surface area contributed by atoms with Crippen molar-refractivity contribution in [3.63, 3.8) is 0 Å². The number of para-hydroxylation sites is 2. The number of rotatable bonds is 1. The zero-order valence-electron chi connectivity index (χ0n) is 10.4. The fraction of sp³-hybridized carbons (Fsp3) is 0.0667. The molecule has 19 heavy (non-hydrogen) atoms. The van der Waals surface area contributed by atoms with Gasteiger partial charge >= 0.3 is 5.84 Å². The lowest BCUT2D eigenvalue weighted by atomic mass is 10.1. The van der Waals surface area contributed by atoms with Crippen molar-refractivity contribution in [1.82, 2.24) is 14.6 Å². The lowest BCUT2D eigenvalue weighted by molar-refractivity contribution is 0.637. The maximum Gasteiger partial charge on any atom is 0.327 e. The summed E-state index contributed by atoms with van der Waals surface area (Å²) in [5.41, 5.74) is 4.06. The van der Waals surface area contributed by atoms with Crippen LogP contribution in [0.3, 0.4) is 0 Å². The third-order valence-corrected chi connectivity index (χ3v) is 3.25. The SMILES string of the molecule is Cc1ccc(-c2nnc3oc4ccccc4n23)cc1. The molecule has 0 bridgehead atoms. The highest BCUT2D eigenvalue weighted by Crippen LogP contribution is 2.25. The summed E-state index contributed by atoms with van der Waals surface area (Å²) in [6.07, 6.45) is 0. The number of fused-ring (bicyclic) bond motifs is 3. The number of oxazole rings is 1. The summed E-state index contributed by atoms with van der Waals surface area (Å²) >= 11 is 0. The Morgan fingerprint density at radius 2 is 1.74 bits per heavy atom. The number of aryl methyl sites for hydroxylation is 1. The number of hydrogen-bond acceptors (Lipinski definition) is 3. The molecule has 0 atom stereocenters. The minimum atomic E-state index is 0.525. The molecule has 4 nitrogen and oxygen atoms in total. The Bertz CT molecular complexity index is 871. The van der Waals surface area contributed by atoms with E-state index in [2.05, 4.69) is 29.3 Å². The highest BCUT2D eigenvalue weighted by molar-refractivity contribution is 5.79. The normalized spacial score (nSPS) is 11.4. The predicted molar refractivity (Wildman–Crippen MR) is 72.9 cm³/mol. The lowest BCUT2D eigenvalue weighted by Crippen LogP contribution is -1.87. The zero-order chi connectivity index (χ0) is 12.8. The van der Waals surface area contributed by atoms with Crippen LogP contribution < -0.4 is 0 Å². The van der Waals surface area contributed by atoms with Crippen molar-refractivity contribution in [3.8, 4) is 11.4 Å². The van der Waals surface area contributed by atoms with Gasteiger partial charge in [-0.15, -0.1) is 5.10 Å². The monoisotopic (exact) mass is 249 g/mol. The van der Waals surface area contributed by atoms with E-state index in [0.29, 0.717) is 5.84 Å². The second-order valence-corrected chi connectivity index (χ2v) is 4.58.